The van der Waals surface area contributed by atoms with Gasteiger partial charge in [0.2, 0.25) is 0 Å². The highest BCUT2D eigenvalue weighted by molar-refractivity contribution is 9.10. The van der Waals surface area contributed by atoms with E-state index in [4.69, 9.17) is 14.2 Å². The van der Waals surface area contributed by atoms with Gasteiger partial charge in [-0.2, -0.15) is 0 Å². The Kier molecular flexibility index (Phi) is 4.14. The number of anilines is 1. The number of carbonyl (C=O) groups is 1. The summed E-state index contributed by atoms with van der Waals surface area (Å²) < 4.78 is 17.0. The first-order chi connectivity index (χ1) is 10.1. The Balaban J connectivity index is 1.80. The topological polar surface area (TPSA) is 60.9 Å². The first-order valence-corrected chi connectivity index (χ1v) is 7.70. The van der Waals surface area contributed by atoms with Crippen molar-refractivity contribution in [3.63, 3.8) is 0 Å². The van der Waals surface area contributed by atoms with E-state index in [0.717, 1.165) is 30.4 Å². The van der Waals surface area contributed by atoms with E-state index in [1.165, 1.54) is 7.11 Å². The summed E-state index contributed by atoms with van der Waals surface area (Å²) >= 11 is 3.34. The Morgan fingerprint density at radius 1 is 1.38 bits per heavy atom. The molecule has 0 aliphatic carbocycles. The molecule has 2 saturated heterocycles. The maximum Gasteiger partial charge on any atom is 0.341 e. The van der Waals surface area contributed by atoms with Gasteiger partial charge in [0.1, 0.15) is 11.4 Å². The molecule has 3 rings (SSSR count). The summed E-state index contributed by atoms with van der Waals surface area (Å²) in [6.45, 7) is 2.78. The molecule has 2 aliphatic heterocycles. The minimum absolute atomic E-state index is 0.382. The molecule has 0 atom stereocenters. The van der Waals surface area contributed by atoms with Gasteiger partial charge in [-0.05, 0) is 22.0 Å². The highest BCUT2D eigenvalue weighted by atomic mass is 79.9. The summed E-state index contributed by atoms with van der Waals surface area (Å²) in [6.07, 6.45) is 3.23. The molecule has 1 spiro atoms. The maximum absolute atomic E-state index is 11.9. The van der Waals surface area contributed by atoms with Crippen molar-refractivity contribution < 1.29 is 19.0 Å². The van der Waals surface area contributed by atoms with Crippen LogP contribution in [0.4, 0.5) is 5.82 Å². The number of esters is 1. The van der Waals surface area contributed by atoms with Gasteiger partial charge >= 0.3 is 5.97 Å². The van der Waals surface area contributed by atoms with Gasteiger partial charge in [-0.15, -0.1) is 0 Å². The summed E-state index contributed by atoms with van der Waals surface area (Å²) in [5.74, 6) is -0.164. The smallest absolute Gasteiger partial charge is 0.341 e. The first kappa shape index (κ1) is 14.7. The molecule has 2 fully saturated rings. The van der Waals surface area contributed by atoms with Crippen LogP contribution in [0.3, 0.4) is 0 Å². The number of piperidine rings is 1. The van der Waals surface area contributed by atoms with E-state index in [-0.39, 0.29) is 5.97 Å². The van der Waals surface area contributed by atoms with Gasteiger partial charge in [0.25, 0.3) is 0 Å². The van der Waals surface area contributed by atoms with Crippen LogP contribution in [0.25, 0.3) is 0 Å². The van der Waals surface area contributed by atoms with E-state index in [1.54, 1.807) is 12.3 Å². The van der Waals surface area contributed by atoms with Gasteiger partial charge in [0.15, 0.2) is 5.79 Å². The molecule has 0 aromatic carbocycles. The van der Waals surface area contributed by atoms with E-state index in [1.807, 2.05) is 0 Å². The van der Waals surface area contributed by atoms with Crippen LogP contribution in [0.2, 0.25) is 0 Å². The summed E-state index contributed by atoms with van der Waals surface area (Å²) in [6, 6.07) is 1.74. The third-order valence-electron chi connectivity index (χ3n) is 3.88. The zero-order valence-corrected chi connectivity index (χ0v) is 13.4. The molecular formula is C14H17BrN2O4. The molecule has 3 heterocycles. The molecule has 0 amide bonds. The minimum Gasteiger partial charge on any atom is -0.465 e. The molecular weight excluding hydrogens is 340 g/mol. The van der Waals surface area contributed by atoms with Crippen molar-refractivity contribution in [1.29, 1.82) is 0 Å². The second-order valence-corrected chi connectivity index (χ2v) is 6.03. The molecule has 0 N–H and O–H groups in total. The fourth-order valence-electron chi connectivity index (χ4n) is 2.79. The number of ether oxygens (including phenoxy) is 3. The number of nitrogens with zero attached hydrogens (tertiary/aromatic N) is 2. The van der Waals surface area contributed by atoms with Gasteiger partial charge in [-0.1, -0.05) is 0 Å². The van der Waals surface area contributed by atoms with Gasteiger partial charge in [-0.25, -0.2) is 9.78 Å². The molecule has 1 aromatic rings. The lowest BCUT2D eigenvalue weighted by Gasteiger charge is -2.38. The number of aromatic nitrogens is 1. The van der Waals surface area contributed by atoms with Crippen molar-refractivity contribution >= 4 is 27.7 Å². The summed E-state index contributed by atoms with van der Waals surface area (Å²) in [4.78, 5) is 18.4. The van der Waals surface area contributed by atoms with Gasteiger partial charge in [0.05, 0.1) is 20.3 Å². The summed E-state index contributed by atoms with van der Waals surface area (Å²) in [5.41, 5.74) is 0.469. The Labute approximate surface area is 131 Å². The number of pyridine rings is 1. The lowest BCUT2D eigenvalue weighted by Crippen LogP contribution is -2.45. The largest absolute Gasteiger partial charge is 0.465 e. The van der Waals surface area contributed by atoms with Crippen LogP contribution >= 0.6 is 15.9 Å². The molecule has 114 valence electrons. The number of hydrogen-bond donors (Lipinski definition) is 0. The Hall–Kier alpha value is -1.18. The molecule has 2 aliphatic rings. The highest BCUT2D eigenvalue weighted by Gasteiger charge is 2.40. The number of hydrogen-bond acceptors (Lipinski definition) is 6. The van der Waals surface area contributed by atoms with E-state index < -0.39 is 5.79 Å². The summed E-state index contributed by atoms with van der Waals surface area (Å²) in [7, 11) is 1.37. The highest BCUT2D eigenvalue weighted by Crippen LogP contribution is 2.34. The molecule has 0 bridgehead atoms. The zero-order chi connectivity index (χ0) is 14.9. The van der Waals surface area contributed by atoms with Crippen LogP contribution in [0.5, 0.6) is 0 Å². The fourth-order valence-corrected chi connectivity index (χ4v) is 3.12. The van der Waals surface area contributed by atoms with Crippen molar-refractivity contribution in [3.05, 3.63) is 22.3 Å². The van der Waals surface area contributed by atoms with Gasteiger partial charge in [0, 0.05) is 36.6 Å². The van der Waals surface area contributed by atoms with Crippen molar-refractivity contribution in [2.24, 2.45) is 0 Å². The van der Waals surface area contributed by atoms with Crippen LogP contribution in [0, 0.1) is 0 Å². The Morgan fingerprint density at radius 3 is 2.67 bits per heavy atom. The van der Waals surface area contributed by atoms with Crippen LogP contribution < -0.4 is 4.90 Å². The molecule has 1 aromatic heterocycles. The average Bonchev–Trinajstić information content (AvgIpc) is 2.96. The molecule has 21 heavy (non-hydrogen) atoms. The second kappa shape index (κ2) is 5.90. The predicted octanol–water partition coefficient (Wildman–Crippen LogP) is 1.97. The van der Waals surface area contributed by atoms with E-state index in [2.05, 4.69) is 25.8 Å². The number of methoxy groups -OCH3 is 1. The molecule has 6 nitrogen and oxygen atoms in total. The van der Waals surface area contributed by atoms with Crippen LogP contribution in [0.1, 0.15) is 23.2 Å². The minimum atomic E-state index is -0.433. The Bertz CT molecular complexity index is 536. The van der Waals surface area contributed by atoms with Crippen molar-refractivity contribution in [2.45, 2.75) is 18.6 Å². The monoisotopic (exact) mass is 356 g/mol. The predicted molar refractivity (Wildman–Crippen MR) is 79.4 cm³/mol. The first-order valence-electron chi connectivity index (χ1n) is 6.90. The van der Waals surface area contributed by atoms with Crippen LogP contribution in [-0.2, 0) is 14.2 Å². The van der Waals surface area contributed by atoms with E-state index in [0.29, 0.717) is 24.6 Å². The standard InChI is InChI=1S/C14H17BrN2O4/c1-19-13(18)11-8-10(15)9-16-12(11)17-4-2-14(3-5-17)20-6-7-21-14/h8-9H,2-7H2,1H3. The maximum atomic E-state index is 11.9. The molecule has 7 heteroatoms. The van der Waals surface area contributed by atoms with Gasteiger partial charge < -0.3 is 19.1 Å². The van der Waals surface area contributed by atoms with Crippen molar-refractivity contribution in [2.75, 3.05) is 38.3 Å². The van der Waals surface area contributed by atoms with Crippen LogP contribution in [0.15, 0.2) is 16.7 Å². The average molecular weight is 357 g/mol. The van der Waals surface area contributed by atoms with E-state index >= 15 is 0 Å². The molecule has 0 unspecified atom stereocenters. The number of carbonyl (C=O) groups excluding carboxylic acids is 1. The molecule has 0 radical (unpaired) electrons. The fraction of sp³-hybridized carbons (Fsp3) is 0.571. The Morgan fingerprint density at radius 2 is 2.05 bits per heavy atom. The third-order valence-corrected chi connectivity index (χ3v) is 4.31. The quantitative estimate of drug-likeness (QED) is 0.755. The lowest BCUT2D eigenvalue weighted by atomic mass is 10.0. The van der Waals surface area contributed by atoms with Gasteiger partial charge in [-0.3, -0.25) is 0 Å². The number of halogens is 1. The number of rotatable bonds is 2. The summed E-state index contributed by atoms with van der Waals surface area (Å²) in [5, 5.41) is 0. The second-order valence-electron chi connectivity index (χ2n) is 5.11. The third kappa shape index (κ3) is 2.90. The van der Waals surface area contributed by atoms with Crippen molar-refractivity contribution in [3.8, 4) is 0 Å². The van der Waals surface area contributed by atoms with Crippen molar-refractivity contribution in [1.82, 2.24) is 4.98 Å². The normalized spacial score (nSPS) is 20.8. The lowest BCUT2D eigenvalue weighted by molar-refractivity contribution is -0.169. The zero-order valence-electron chi connectivity index (χ0n) is 11.8. The molecule has 0 saturated carbocycles. The van der Waals surface area contributed by atoms with Crippen LogP contribution in [-0.4, -0.2) is 50.2 Å². The van der Waals surface area contributed by atoms with E-state index in [9.17, 15) is 4.79 Å². The SMILES string of the molecule is COC(=O)c1cc(Br)cnc1N1CCC2(CC1)OCCO2.